The van der Waals surface area contributed by atoms with E-state index < -0.39 is 23.3 Å². The van der Waals surface area contributed by atoms with E-state index in [-0.39, 0.29) is 16.8 Å². The van der Waals surface area contributed by atoms with Crippen LogP contribution in [0.3, 0.4) is 0 Å². The molecule has 0 aliphatic rings. The number of hydrogen-bond acceptors (Lipinski definition) is 2. The van der Waals surface area contributed by atoms with Crippen LogP contribution in [0.25, 0.3) is 0 Å². The summed E-state index contributed by atoms with van der Waals surface area (Å²) in [5.74, 6) is -1.55. The van der Waals surface area contributed by atoms with Gasteiger partial charge < -0.3 is 5.73 Å². The van der Waals surface area contributed by atoms with Crippen LogP contribution >= 0.6 is 0 Å². The number of rotatable bonds is 2. The number of halogens is 4. The van der Waals surface area contributed by atoms with Crippen molar-refractivity contribution in [3.05, 3.63) is 65.0 Å². The van der Waals surface area contributed by atoms with Crippen LogP contribution in [0, 0.1) is 5.82 Å². The summed E-state index contributed by atoms with van der Waals surface area (Å²) in [7, 11) is 0. The Morgan fingerprint density at radius 3 is 2.35 bits per heavy atom. The normalized spacial score (nSPS) is 11.4. The number of para-hydroxylation sites is 1. The van der Waals surface area contributed by atoms with Crippen LogP contribution in [-0.2, 0) is 6.18 Å². The average Bonchev–Trinajstić information content (AvgIpc) is 2.40. The first-order valence-corrected chi connectivity index (χ1v) is 5.56. The number of carbonyl (C=O) groups excluding carboxylic acids is 1. The van der Waals surface area contributed by atoms with Gasteiger partial charge in [0.15, 0.2) is 5.78 Å². The first-order valence-electron chi connectivity index (χ1n) is 5.56. The molecule has 2 nitrogen and oxygen atoms in total. The second kappa shape index (κ2) is 4.96. The Bertz CT molecular complexity index is 664. The number of alkyl halides is 3. The fourth-order valence-corrected chi connectivity index (χ4v) is 1.73. The van der Waals surface area contributed by atoms with Gasteiger partial charge in [-0.25, -0.2) is 4.39 Å². The highest BCUT2D eigenvalue weighted by Gasteiger charge is 2.31. The maximum atomic E-state index is 13.3. The minimum Gasteiger partial charge on any atom is -0.396 e. The Morgan fingerprint density at radius 1 is 1.05 bits per heavy atom. The second-order valence-corrected chi connectivity index (χ2v) is 4.11. The summed E-state index contributed by atoms with van der Waals surface area (Å²) < 4.78 is 51.0. The van der Waals surface area contributed by atoms with E-state index in [0.717, 1.165) is 18.2 Å². The van der Waals surface area contributed by atoms with Gasteiger partial charge in [0.05, 0.1) is 11.3 Å². The highest BCUT2D eigenvalue weighted by atomic mass is 19.4. The van der Waals surface area contributed by atoms with Crippen LogP contribution in [0.15, 0.2) is 42.5 Å². The Balaban J connectivity index is 2.47. The third kappa shape index (κ3) is 2.64. The summed E-state index contributed by atoms with van der Waals surface area (Å²) in [6.45, 7) is 0. The number of hydrogen-bond donors (Lipinski definition) is 1. The first kappa shape index (κ1) is 14.0. The summed E-state index contributed by atoms with van der Waals surface area (Å²) in [6, 6.07) is 7.51. The van der Waals surface area contributed by atoms with E-state index in [0.29, 0.717) is 6.07 Å². The van der Waals surface area contributed by atoms with E-state index in [1.165, 1.54) is 18.2 Å². The van der Waals surface area contributed by atoms with Crippen molar-refractivity contribution in [2.24, 2.45) is 0 Å². The molecular formula is C14H9F4NO. The molecule has 0 saturated carbocycles. The maximum Gasteiger partial charge on any atom is 0.416 e. The molecule has 0 aromatic heterocycles. The van der Waals surface area contributed by atoms with Crippen molar-refractivity contribution in [2.45, 2.75) is 6.18 Å². The van der Waals surface area contributed by atoms with Crippen molar-refractivity contribution >= 4 is 11.5 Å². The SMILES string of the molecule is Nc1c(F)cccc1C(=O)c1cccc(C(F)(F)F)c1. The molecule has 6 heteroatoms. The second-order valence-electron chi connectivity index (χ2n) is 4.11. The van der Waals surface area contributed by atoms with Gasteiger partial charge in [-0.2, -0.15) is 13.2 Å². The Morgan fingerprint density at radius 2 is 1.70 bits per heavy atom. The van der Waals surface area contributed by atoms with Crippen LogP contribution in [0.5, 0.6) is 0 Å². The molecule has 2 rings (SSSR count). The van der Waals surface area contributed by atoms with E-state index in [2.05, 4.69) is 0 Å². The molecule has 0 amide bonds. The molecule has 0 bridgehead atoms. The Hall–Kier alpha value is -2.37. The van der Waals surface area contributed by atoms with Crippen LogP contribution in [-0.4, -0.2) is 5.78 Å². The topological polar surface area (TPSA) is 43.1 Å². The van der Waals surface area contributed by atoms with E-state index in [9.17, 15) is 22.4 Å². The monoisotopic (exact) mass is 283 g/mol. The van der Waals surface area contributed by atoms with Crippen LogP contribution < -0.4 is 5.73 Å². The van der Waals surface area contributed by atoms with Crippen molar-refractivity contribution in [2.75, 3.05) is 5.73 Å². The molecule has 0 saturated heterocycles. The number of ketones is 1. The zero-order valence-corrected chi connectivity index (χ0v) is 10.0. The van der Waals surface area contributed by atoms with Gasteiger partial charge in [0.1, 0.15) is 5.82 Å². The predicted octanol–water partition coefficient (Wildman–Crippen LogP) is 3.66. The fraction of sp³-hybridized carbons (Fsp3) is 0.0714. The molecular weight excluding hydrogens is 274 g/mol. The lowest BCUT2D eigenvalue weighted by atomic mass is 10.00. The number of benzene rings is 2. The minimum absolute atomic E-state index is 0.163. The summed E-state index contributed by atoms with van der Waals surface area (Å²) in [6.07, 6.45) is -4.55. The lowest BCUT2D eigenvalue weighted by Gasteiger charge is -2.09. The van der Waals surface area contributed by atoms with Gasteiger partial charge in [-0.3, -0.25) is 4.79 Å². The standard InChI is InChI=1S/C14H9F4NO/c15-11-6-2-5-10(12(11)19)13(20)8-3-1-4-9(7-8)14(16,17)18/h1-7H,19H2. The molecule has 20 heavy (non-hydrogen) atoms. The van der Waals surface area contributed by atoms with Crippen LogP contribution in [0.1, 0.15) is 21.5 Å². The molecule has 104 valence electrons. The fourth-order valence-electron chi connectivity index (χ4n) is 1.73. The zero-order chi connectivity index (χ0) is 14.9. The largest absolute Gasteiger partial charge is 0.416 e. The molecule has 0 atom stereocenters. The summed E-state index contributed by atoms with van der Waals surface area (Å²) in [4.78, 5) is 12.1. The third-order valence-corrected chi connectivity index (χ3v) is 2.75. The molecule has 0 aliphatic carbocycles. The highest BCUT2D eigenvalue weighted by Crippen LogP contribution is 2.30. The molecule has 0 unspecified atom stereocenters. The van der Waals surface area contributed by atoms with E-state index in [4.69, 9.17) is 5.73 Å². The van der Waals surface area contributed by atoms with Crippen molar-refractivity contribution in [1.29, 1.82) is 0 Å². The lowest BCUT2D eigenvalue weighted by Crippen LogP contribution is -2.10. The molecule has 0 fully saturated rings. The number of nitrogen functional groups attached to an aromatic ring is 1. The molecule has 0 aliphatic heterocycles. The average molecular weight is 283 g/mol. The van der Waals surface area contributed by atoms with E-state index in [1.807, 2.05) is 0 Å². The van der Waals surface area contributed by atoms with Gasteiger partial charge in [-0.15, -0.1) is 0 Å². The van der Waals surface area contributed by atoms with Gasteiger partial charge in [-0.1, -0.05) is 18.2 Å². The summed E-state index contributed by atoms with van der Waals surface area (Å²) in [5.41, 5.74) is 3.74. The molecule has 2 N–H and O–H groups in total. The maximum absolute atomic E-state index is 13.3. The highest BCUT2D eigenvalue weighted by molar-refractivity contribution is 6.12. The van der Waals surface area contributed by atoms with E-state index >= 15 is 0 Å². The number of anilines is 1. The van der Waals surface area contributed by atoms with Gasteiger partial charge in [-0.05, 0) is 24.3 Å². The summed E-state index contributed by atoms with van der Waals surface area (Å²) in [5, 5.41) is 0. The first-order chi connectivity index (χ1) is 9.30. The lowest BCUT2D eigenvalue weighted by molar-refractivity contribution is -0.137. The molecule has 2 aromatic rings. The number of nitrogens with two attached hydrogens (primary N) is 1. The molecule has 0 heterocycles. The van der Waals surface area contributed by atoms with Gasteiger partial charge in [0.2, 0.25) is 0 Å². The van der Waals surface area contributed by atoms with E-state index in [1.54, 1.807) is 0 Å². The smallest absolute Gasteiger partial charge is 0.396 e. The molecule has 0 radical (unpaired) electrons. The van der Waals surface area contributed by atoms with Crippen molar-refractivity contribution in [1.82, 2.24) is 0 Å². The zero-order valence-electron chi connectivity index (χ0n) is 10.0. The summed E-state index contributed by atoms with van der Waals surface area (Å²) >= 11 is 0. The number of carbonyl (C=O) groups is 1. The van der Waals surface area contributed by atoms with Gasteiger partial charge in [0, 0.05) is 11.1 Å². The van der Waals surface area contributed by atoms with Crippen LogP contribution in [0.2, 0.25) is 0 Å². The molecule has 0 spiro atoms. The molecule has 2 aromatic carbocycles. The minimum atomic E-state index is -4.55. The van der Waals surface area contributed by atoms with Crippen LogP contribution in [0.4, 0.5) is 23.2 Å². The Kier molecular flexibility index (Phi) is 3.48. The quantitative estimate of drug-likeness (QED) is 0.519. The van der Waals surface area contributed by atoms with Gasteiger partial charge in [0.25, 0.3) is 0 Å². The van der Waals surface area contributed by atoms with Crippen molar-refractivity contribution in [3.63, 3.8) is 0 Å². The van der Waals surface area contributed by atoms with Crippen molar-refractivity contribution in [3.8, 4) is 0 Å². The van der Waals surface area contributed by atoms with Gasteiger partial charge >= 0.3 is 6.18 Å². The predicted molar refractivity (Wildman–Crippen MR) is 65.7 cm³/mol. The third-order valence-electron chi connectivity index (χ3n) is 2.75. The van der Waals surface area contributed by atoms with Crippen molar-refractivity contribution < 1.29 is 22.4 Å². The Labute approximate surface area is 111 Å².